The molecule has 1 saturated carbocycles. The number of carbonyl (C=O) groups excluding carboxylic acids is 2. The van der Waals surface area contributed by atoms with Crippen LogP contribution in [0.5, 0.6) is 0 Å². The first-order valence-corrected chi connectivity index (χ1v) is 8.08. The molecule has 1 aromatic carbocycles. The highest BCUT2D eigenvalue weighted by atomic mass is 16.2. The minimum absolute atomic E-state index is 0.118. The first-order valence-electron chi connectivity index (χ1n) is 8.08. The average molecular weight is 302 g/mol. The van der Waals surface area contributed by atoms with Gasteiger partial charge in [0.2, 0.25) is 11.8 Å². The number of nitrogens with one attached hydrogen (secondary N) is 2. The fourth-order valence-electron chi connectivity index (χ4n) is 2.74. The minimum Gasteiger partial charge on any atom is -0.352 e. The van der Waals surface area contributed by atoms with Crippen LogP contribution in [0, 0.1) is 5.41 Å². The van der Waals surface area contributed by atoms with Gasteiger partial charge in [-0.2, -0.15) is 0 Å². The molecule has 1 atom stereocenters. The molecular weight excluding hydrogens is 276 g/mol. The minimum atomic E-state index is -1.06. The summed E-state index contributed by atoms with van der Waals surface area (Å²) in [5.74, 6) is -0.420. The molecule has 2 amide bonds. The van der Waals surface area contributed by atoms with E-state index in [2.05, 4.69) is 10.6 Å². The maximum absolute atomic E-state index is 12.5. The topological polar surface area (TPSA) is 58.2 Å². The molecule has 1 fully saturated rings. The van der Waals surface area contributed by atoms with E-state index < -0.39 is 5.41 Å². The van der Waals surface area contributed by atoms with Gasteiger partial charge in [0.1, 0.15) is 5.41 Å². The van der Waals surface area contributed by atoms with Gasteiger partial charge < -0.3 is 10.6 Å². The van der Waals surface area contributed by atoms with Gasteiger partial charge >= 0.3 is 0 Å². The summed E-state index contributed by atoms with van der Waals surface area (Å²) in [6.45, 7) is 5.30. The highest BCUT2D eigenvalue weighted by molar-refractivity contribution is 6.04. The van der Waals surface area contributed by atoms with Crippen molar-refractivity contribution in [2.24, 2.45) is 5.41 Å². The summed E-state index contributed by atoms with van der Waals surface area (Å²) >= 11 is 0. The summed E-state index contributed by atoms with van der Waals surface area (Å²) in [7, 11) is 0. The van der Waals surface area contributed by atoms with E-state index in [1.807, 2.05) is 37.3 Å². The van der Waals surface area contributed by atoms with Crippen LogP contribution in [0.3, 0.4) is 0 Å². The highest BCUT2D eigenvalue weighted by Gasteiger charge is 2.37. The summed E-state index contributed by atoms with van der Waals surface area (Å²) in [5, 5.41) is 5.96. The van der Waals surface area contributed by atoms with Gasteiger partial charge in [-0.15, -0.1) is 0 Å². The Labute approximate surface area is 132 Å². The third-order valence-corrected chi connectivity index (χ3v) is 4.47. The molecule has 4 heteroatoms. The van der Waals surface area contributed by atoms with Gasteiger partial charge in [-0.1, -0.05) is 43.2 Å². The molecule has 0 radical (unpaired) electrons. The van der Waals surface area contributed by atoms with Crippen LogP contribution in [-0.2, 0) is 9.59 Å². The molecule has 0 bridgehead atoms. The van der Waals surface area contributed by atoms with Crippen LogP contribution in [0.25, 0.3) is 0 Å². The number of carbonyl (C=O) groups is 2. The predicted molar refractivity (Wildman–Crippen MR) is 87.2 cm³/mol. The van der Waals surface area contributed by atoms with Crippen LogP contribution in [-0.4, -0.2) is 17.9 Å². The maximum atomic E-state index is 12.5. The van der Waals surface area contributed by atoms with Crippen molar-refractivity contribution in [3.63, 3.8) is 0 Å². The molecule has 4 nitrogen and oxygen atoms in total. The van der Waals surface area contributed by atoms with Gasteiger partial charge in [-0.3, -0.25) is 9.59 Å². The average Bonchev–Trinajstić information content (AvgIpc) is 3.00. The number of benzene rings is 1. The fraction of sp³-hybridized carbons (Fsp3) is 0.556. The van der Waals surface area contributed by atoms with E-state index in [1.54, 1.807) is 13.8 Å². The zero-order valence-electron chi connectivity index (χ0n) is 13.7. The molecule has 0 heterocycles. The van der Waals surface area contributed by atoms with Crippen molar-refractivity contribution in [2.75, 3.05) is 0 Å². The normalized spacial score (nSPS) is 17.0. The third-order valence-electron chi connectivity index (χ3n) is 4.47. The Hall–Kier alpha value is -1.84. The molecule has 2 N–H and O–H groups in total. The van der Waals surface area contributed by atoms with Gasteiger partial charge in [-0.05, 0) is 39.2 Å². The molecule has 1 aliphatic carbocycles. The van der Waals surface area contributed by atoms with Crippen LogP contribution < -0.4 is 10.6 Å². The lowest BCUT2D eigenvalue weighted by atomic mass is 9.90. The number of amides is 2. The number of rotatable bonds is 5. The van der Waals surface area contributed by atoms with Gasteiger partial charge in [0, 0.05) is 6.04 Å². The van der Waals surface area contributed by atoms with Crippen LogP contribution in [0.2, 0.25) is 0 Å². The fourth-order valence-corrected chi connectivity index (χ4v) is 2.74. The van der Waals surface area contributed by atoms with E-state index in [-0.39, 0.29) is 23.9 Å². The lowest BCUT2D eigenvalue weighted by Crippen LogP contribution is -2.50. The second-order valence-electron chi connectivity index (χ2n) is 6.69. The molecule has 2 rings (SSSR count). The quantitative estimate of drug-likeness (QED) is 0.822. The Morgan fingerprint density at radius 3 is 2.27 bits per heavy atom. The van der Waals surface area contributed by atoms with Gasteiger partial charge in [0.15, 0.2) is 0 Å². The SMILES string of the molecule is CC(NC(=O)C(C)(C)C(=O)NC1CCCC1)c1ccccc1. The third kappa shape index (κ3) is 3.87. The molecule has 0 aromatic heterocycles. The van der Waals surface area contributed by atoms with Gasteiger partial charge in [0.05, 0.1) is 6.04 Å². The second kappa shape index (κ2) is 6.95. The summed E-state index contributed by atoms with van der Waals surface area (Å²) in [6, 6.07) is 9.87. The van der Waals surface area contributed by atoms with Crippen LogP contribution in [0.4, 0.5) is 0 Å². The lowest BCUT2D eigenvalue weighted by Gasteiger charge is -2.27. The first-order chi connectivity index (χ1) is 10.4. The lowest BCUT2D eigenvalue weighted by molar-refractivity contribution is -0.142. The Kier molecular flexibility index (Phi) is 5.22. The van der Waals surface area contributed by atoms with Crippen molar-refractivity contribution in [1.29, 1.82) is 0 Å². The monoisotopic (exact) mass is 302 g/mol. The van der Waals surface area contributed by atoms with Crippen molar-refractivity contribution in [1.82, 2.24) is 10.6 Å². The Morgan fingerprint density at radius 2 is 1.68 bits per heavy atom. The van der Waals surface area contributed by atoms with Crippen molar-refractivity contribution >= 4 is 11.8 Å². The molecule has 120 valence electrons. The van der Waals surface area contributed by atoms with E-state index in [0.717, 1.165) is 31.2 Å². The zero-order chi connectivity index (χ0) is 16.2. The largest absolute Gasteiger partial charge is 0.352 e. The Bertz CT molecular complexity index is 519. The van der Waals surface area contributed by atoms with Crippen LogP contribution in [0.1, 0.15) is 58.1 Å². The van der Waals surface area contributed by atoms with E-state index in [9.17, 15) is 9.59 Å². The Balaban J connectivity index is 1.95. The predicted octanol–water partition coefficient (Wildman–Crippen LogP) is 2.95. The van der Waals surface area contributed by atoms with Crippen molar-refractivity contribution in [3.8, 4) is 0 Å². The molecule has 1 unspecified atom stereocenters. The molecule has 0 spiro atoms. The smallest absolute Gasteiger partial charge is 0.235 e. The van der Waals surface area contributed by atoms with E-state index in [4.69, 9.17) is 0 Å². The summed E-state index contributed by atoms with van der Waals surface area (Å²) < 4.78 is 0. The van der Waals surface area contributed by atoms with Gasteiger partial charge in [0.25, 0.3) is 0 Å². The molecule has 0 saturated heterocycles. The standard InChI is InChI=1S/C18H26N2O2/c1-13(14-9-5-4-6-10-14)19-16(21)18(2,3)17(22)20-15-11-7-8-12-15/h4-6,9-10,13,15H,7-8,11-12H2,1-3H3,(H,19,21)(H,20,22). The van der Waals surface area contributed by atoms with Crippen molar-refractivity contribution in [3.05, 3.63) is 35.9 Å². The molecule has 1 aromatic rings. The van der Waals surface area contributed by atoms with E-state index >= 15 is 0 Å². The van der Waals surface area contributed by atoms with Crippen molar-refractivity contribution in [2.45, 2.75) is 58.5 Å². The molecule has 1 aliphatic rings. The summed E-state index contributed by atoms with van der Waals surface area (Å²) in [6.07, 6.45) is 4.35. The molecule has 22 heavy (non-hydrogen) atoms. The highest BCUT2D eigenvalue weighted by Crippen LogP contribution is 2.22. The second-order valence-corrected chi connectivity index (χ2v) is 6.69. The van der Waals surface area contributed by atoms with Gasteiger partial charge in [-0.25, -0.2) is 0 Å². The van der Waals surface area contributed by atoms with Crippen LogP contribution >= 0.6 is 0 Å². The summed E-state index contributed by atoms with van der Waals surface area (Å²) in [4.78, 5) is 24.9. The Morgan fingerprint density at radius 1 is 1.09 bits per heavy atom. The first kappa shape index (κ1) is 16.5. The van der Waals surface area contributed by atoms with E-state index in [0.29, 0.717) is 0 Å². The molecule has 0 aliphatic heterocycles. The summed E-state index contributed by atoms with van der Waals surface area (Å²) in [5.41, 5.74) is -0.0334. The maximum Gasteiger partial charge on any atom is 0.235 e. The van der Waals surface area contributed by atoms with Crippen molar-refractivity contribution < 1.29 is 9.59 Å². The zero-order valence-corrected chi connectivity index (χ0v) is 13.7. The number of hydrogen-bond acceptors (Lipinski definition) is 2. The number of hydrogen-bond donors (Lipinski definition) is 2. The van der Waals surface area contributed by atoms with E-state index in [1.165, 1.54) is 0 Å². The molecular formula is C18H26N2O2. The van der Waals surface area contributed by atoms with Crippen LogP contribution in [0.15, 0.2) is 30.3 Å².